The lowest BCUT2D eigenvalue weighted by Crippen LogP contribution is -2.51. The minimum atomic E-state index is -1.16. The Morgan fingerprint density at radius 3 is 2.59 bits per heavy atom. The van der Waals surface area contributed by atoms with Gasteiger partial charge in [-0.1, -0.05) is 41.9 Å². The van der Waals surface area contributed by atoms with Gasteiger partial charge in [0, 0.05) is 62.0 Å². The van der Waals surface area contributed by atoms with E-state index in [1.165, 1.54) is 23.7 Å². The Morgan fingerprint density at radius 1 is 1.11 bits per heavy atom. The number of nitrogens with one attached hydrogen (secondary N) is 3. The van der Waals surface area contributed by atoms with Gasteiger partial charge in [0.15, 0.2) is 0 Å². The highest BCUT2D eigenvalue weighted by atomic mass is 35.5. The van der Waals surface area contributed by atoms with Crippen molar-refractivity contribution in [1.82, 2.24) is 25.4 Å². The van der Waals surface area contributed by atoms with E-state index in [4.69, 9.17) is 21.3 Å². The zero-order chi connectivity index (χ0) is 32.7. The van der Waals surface area contributed by atoms with Gasteiger partial charge < -0.3 is 30.7 Å². The summed E-state index contributed by atoms with van der Waals surface area (Å²) in [7, 11) is 4.63. The fourth-order valence-electron chi connectivity index (χ4n) is 6.50. The van der Waals surface area contributed by atoms with Crippen molar-refractivity contribution < 1.29 is 24.2 Å². The molecule has 0 spiro atoms. The molecular formula is C34H37ClN6O5. The van der Waals surface area contributed by atoms with E-state index >= 15 is 0 Å². The molecule has 0 radical (unpaired) electrons. The standard InChI is InChI=1S/C34H37ClN6O5/c1-18-21(23-9-6-10-26(30(23)35)38-31(43)24-17-40(2)34(45)41(3)33(24)44)7-5-8-22(18)27-15-19-11-13-25(29(19)32(39-27)46-4)36-16-20-12-14-28(42)37-20/h5-10,15,17,20,25,34,36,45H,11-14,16H2,1-4H3,(H,37,42)(H,38,43)/t20-,25-,34?/m0/s1. The van der Waals surface area contributed by atoms with Crippen LogP contribution in [-0.2, 0) is 20.8 Å². The van der Waals surface area contributed by atoms with Gasteiger partial charge in [-0.3, -0.25) is 19.3 Å². The topological polar surface area (TPSA) is 136 Å². The molecule has 1 unspecified atom stereocenters. The number of ether oxygens (including phenoxy) is 1. The first kappa shape index (κ1) is 31.5. The Bertz CT molecular complexity index is 1760. The van der Waals surface area contributed by atoms with Crippen LogP contribution in [0.5, 0.6) is 5.88 Å². The Kier molecular flexibility index (Phi) is 8.73. The Hall–Kier alpha value is -4.45. The number of methoxy groups -OCH3 is 1. The molecule has 46 heavy (non-hydrogen) atoms. The maximum absolute atomic E-state index is 13.1. The van der Waals surface area contributed by atoms with Crippen molar-refractivity contribution in [2.75, 3.05) is 33.1 Å². The first-order valence-electron chi connectivity index (χ1n) is 15.3. The third kappa shape index (κ3) is 5.81. The smallest absolute Gasteiger partial charge is 0.264 e. The number of hydrogen-bond donors (Lipinski definition) is 4. The van der Waals surface area contributed by atoms with Gasteiger partial charge in [-0.15, -0.1) is 0 Å². The lowest BCUT2D eigenvalue weighted by molar-refractivity contribution is -0.149. The maximum atomic E-state index is 13.1. The van der Waals surface area contributed by atoms with Crippen molar-refractivity contribution in [1.29, 1.82) is 0 Å². The molecular weight excluding hydrogens is 608 g/mol. The SMILES string of the molecule is COc1nc(-c2cccc(-c3cccc(NC(=O)C4=CN(C)C(O)N(C)C4=O)c3Cl)c2C)cc2c1[C@@H](NC[C@@H]1CCC(=O)N1)CC2. The first-order chi connectivity index (χ1) is 22.1. The number of aryl methyl sites for hydroxylation is 1. The van der Waals surface area contributed by atoms with E-state index in [0.29, 0.717) is 35.1 Å². The second-order valence-electron chi connectivity index (χ2n) is 12.0. The average Bonchev–Trinajstić information content (AvgIpc) is 3.66. The molecule has 2 aliphatic heterocycles. The minimum absolute atomic E-state index is 0.0960. The molecule has 3 amide bonds. The molecule has 6 rings (SSSR count). The molecule has 11 nitrogen and oxygen atoms in total. The second kappa shape index (κ2) is 12.7. The molecule has 1 aliphatic carbocycles. The molecule has 0 bridgehead atoms. The third-order valence-electron chi connectivity index (χ3n) is 9.03. The largest absolute Gasteiger partial charge is 0.481 e. The summed E-state index contributed by atoms with van der Waals surface area (Å²) in [6.45, 7) is 2.71. The summed E-state index contributed by atoms with van der Waals surface area (Å²) in [4.78, 5) is 44.8. The molecule has 3 aliphatic rings. The summed E-state index contributed by atoms with van der Waals surface area (Å²) in [6, 6.07) is 13.7. The van der Waals surface area contributed by atoms with E-state index in [9.17, 15) is 19.5 Å². The Morgan fingerprint density at radius 2 is 1.85 bits per heavy atom. The number of nitrogens with zero attached hydrogens (tertiary/aromatic N) is 3. The van der Waals surface area contributed by atoms with Crippen LogP contribution in [0.1, 0.15) is 42.0 Å². The molecule has 1 fully saturated rings. The monoisotopic (exact) mass is 644 g/mol. The van der Waals surface area contributed by atoms with Crippen LogP contribution in [0, 0.1) is 6.92 Å². The number of aliphatic hydroxyl groups is 1. The van der Waals surface area contributed by atoms with Crippen LogP contribution in [0.3, 0.4) is 0 Å². The van der Waals surface area contributed by atoms with Crippen molar-refractivity contribution >= 4 is 35.0 Å². The van der Waals surface area contributed by atoms with Gasteiger partial charge in [0.2, 0.25) is 18.1 Å². The molecule has 1 saturated heterocycles. The highest BCUT2D eigenvalue weighted by Crippen LogP contribution is 2.42. The summed E-state index contributed by atoms with van der Waals surface area (Å²) in [5.41, 5.74) is 6.73. The number of rotatable bonds is 8. The van der Waals surface area contributed by atoms with Crippen molar-refractivity contribution in [2.45, 2.75) is 51.0 Å². The predicted molar refractivity (Wildman–Crippen MR) is 175 cm³/mol. The van der Waals surface area contributed by atoms with Gasteiger partial charge in [0.1, 0.15) is 5.57 Å². The van der Waals surface area contributed by atoms with E-state index < -0.39 is 18.2 Å². The predicted octanol–water partition coefficient (Wildman–Crippen LogP) is 3.74. The summed E-state index contributed by atoms with van der Waals surface area (Å²) < 4.78 is 5.81. The second-order valence-corrected chi connectivity index (χ2v) is 12.3. The van der Waals surface area contributed by atoms with Crippen LogP contribution >= 0.6 is 11.6 Å². The molecule has 240 valence electrons. The first-order valence-corrected chi connectivity index (χ1v) is 15.6. The number of carbonyl (C=O) groups excluding carboxylic acids is 3. The number of hydrogen-bond acceptors (Lipinski definition) is 8. The molecule has 0 saturated carbocycles. The van der Waals surface area contributed by atoms with E-state index in [0.717, 1.165) is 52.1 Å². The lowest BCUT2D eigenvalue weighted by atomic mass is 9.93. The van der Waals surface area contributed by atoms with E-state index in [-0.39, 0.29) is 23.6 Å². The normalized spacial score (nSPS) is 20.8. The van der Waals surface area contributed by atoms with Gasteiger partial charge in [-0.05, 0) is 55.0 Å². The zero-order valence-corrected chi connectivity index (χ0v) is 26.9. The molecule has 12 heteroatoms. The number of likely N-dealkylation sites (N-methyl/N-ethyl adjacent to an activating group) is 1. The number of aliphatic hydroxyl groups excluding tert-OH is 1. The van der Waals surface area contributed by atoms with Crippen molar-refractivity contribution in [3.8, 4) is 28.3 Å². The Labute approximate surface area is 272 Å². The third-order valence-corrected chi connectivity index (χ3v) is 9.44. The number of benzene rings is 2. The molecule has 4 N–H and O–H groups in total. The number of halogens is 1. The van der Waals surface area contributed by atoms with Gasteiger partial charge in [-0.25, -0.2) is 4.98 Å². The highest BCUT2D eigenvalue weighted by Gasteiger charge is 2.33. The number of carbonyl (C=O) groups is 3. The fourth-order valence-corrected chi connectivity index (χ4v) is 6.77. The lowest BCUT2D eigenvalue weighted by Gasteiger charge is -2.35. The molecule has 3 atom stereocenters. The summed E-state index contributed by atoms with van der Waals surface area (Å²) in [5.74, 6) is -0.536. The van der Waals surface area contributed by atoms with Crippen molar-refractivity contribution in [3.05, 3.63) is 76.0 Å². The van der Waals surface area contributed by atoms with E-state index in [1.54, 1.807) is 26.3 Å². The van der Waals surface area contributed by atoms with E-state index in [2.05, 4.69) is 22.0 Å². The van der Waals surface area contributed by atoms with Crippen LogP contribution in [0.2, 0.25) is 5.02 Å². The summed E-state index contributed by atoms with van der Waals surface area (Å²) in [5, 5.41) is 19.8. The van der Waals surface area contributed by atoms with Crippen molar-refractivity contribution in [2.24, 2.45) is 0 Å². The van der Waals surface area contributed by atoms with E-state index in [1.807, 2.05) is 31.2 Å². The average molecular weight is 645 g/mol. The van der Waals surface area contributed by atoms with Crippen molar-refractivity contribution in [3.63, 3.8) is 0 Å². The number of amides is 3. The maximum Gasteiger partial charge on any atom is 0.264 e. The van der Waals surface area contributed by atoms with Gasteiger partial charge in [0.25, 0.3) is 11.8 Å². The van der Waals surface area contributed by atoms with Crippen LogP contribution in [0.25, 0.3) is 22.4 Å². The molecule has 2 aromatic carbocycles. The molecule has 3 aromatic rings. The fraction of sp³-hybridized carbons (Fsp3) is 0.353. The van der Waals surface area contributed by atoms with Gasteiger partial charge >= 0.3 is 0 Å². The quantitative estimate of drug-likeness (QED) is 0.272. The zero-order valence-electron chi connectivity index (χ0n) is 26.2. The van der Waals surface area contributed by atoms with Crippen LogP contribution in [0.4, 0.5) is 5.69 Å². The van der Waals surface area contributed by atoms with Gasteiger partial charge in [-0.2, -0.15) is 0 Å². The number of fused-ring (bicyclic) bond motifs is 1. The Balaban J connectivity index is 1.27. The minimum Gasteiger partial charge on any atom is -0.481 e. The van der Waals surface area contributed by atoms with Crippen LogP contribution < -0.4 is 20.7 Å². The molecule has 3 heterocycles. The highest BCUT2D eigenvalue weighted by molar-refractivity contribution is 6.37. The van der Waals surface area contributed by atoms with Crippen LogP contribution in [0.15, 0.2) is 54.2 Å². The van der Waals surface area contributed by atoms with Gasteiger partial charge in [0.05, 0.1) is 23.5 Å². The summed E-state index contributed by atoms with van der Waals surface area (Å²) in [6.07, 6.45) is 3.37. The number of anilines is 1. The van der Waals surface area contributed by atoms with Crippen LogP contribution in [-0.4, -0.2) is 77.8 Å². The number of pyridine rings is 1. The summed E-state index contributed by atoms with van der Waals surface area (Å²) >= 11 is 6.89. The molecule has 1 aromatic heterocycles. The number of aromatic nitrogens is 1.